The molecule has 0 radical (unpaired) electrons. The fourth-order valence-electron chi connectivity index (χ4n) is 1.82. The van der Waals surface area contributed by atoms with Crippen molar-refractivity contribution in [2.24, 2.45) is 0 Å². The molecule has 0 spiro atoms. The molecule has 19 heavy (non-hydrogen) atoms. The number of amides is 2. The van der Waals surface area contributed by atoms with Crippen molar-refractivity contribution in [1.29, 1.82) is 0 Å². The van der Waals surface area contributed by atoms with Gasteiger partial charge < -0.3 is 10.6 Å². The average Bonchev–Trinajstić information content (AvgIpc) is 2.93. The Labute approximate surface area is 111 Å². The van der Waals surface area contributed by atoms with E-state index in [9.17, 15) is 9.59 Å². The Morgan fingerprint density at radius 1 is 1.47 bits per heavy atom. The first-order chi connectivity index (χ1) is 8.86. The molecule has 1 atom stereocenters. The van der Waals surface area contributed by atoms with Crippen LogP contribution in [0.4, 0.5) is 0 Å². The third-order valence-electron chi connectivity index (χ3n) is 2.99. The molecule has 0 aromatic carbocycles. The summed E-state index contributed by atoms with van der Waals surface area (Å²) in [6.07, 6.45) is 1.27. The quantitative estimate of drug-likeness (QED) is 0.722. The molecule has 1 saturated heterocycles. The largest absolute Gasteiger partial charge is 0.352 e. The molecular formula is C12H19N5O2. The van der Waals surface area contributed by atoms with E-state index in [1.165, 1.54) is 0 Å². The maximum absolute atomic E-state index is 11.9. The smallest absolute Gasteiger partial charge is 0.291 e. The number of nitrogens with zero attached hydrogens (tertiary/aromatic N) is 2. The summed E-state index contributed by atoms with van der Waals surface area (Å²) < 4.78 is 0. The van der Waals surface area contributed by atoms with Crippen molar-refractivity contribution in [3.05, 3.63) is 11.6 Å². The van der Waals surface area contributed by atoms with E-state index in [1.54, 1.807) is 0 Å². The van der Waals surface area contributed by atoms with Crippen LogP contribution in [0.5, 0.6) is 0 Å². The number of carbonyl (C=O) groups excluding carboxylic acids is 2. The van der Waals surface area contributed by atoms with Gasteiger partial charge in [0, 0.05) is 24.4 Å². The van der Waals surface area contributed by atoms with Gasteiger partial charge in [-0.25, -0.2) is 4.98 Å². The Kier molecular flexibility index (Phi) is 3.55. The second-order valence-electron chi connectivity index (χ2n) is 5.77. The summed E-state index contributed by atoms with van der Waals surface area (Å²) in [6.45, 7) is 6.37. The van der Waals surface area contributed by atoms with Crippen molar-refractivity contribution in [3.8, 4) is 0 Å². The number of aromatic amines is 1. The summed E-state index contributed by atoms with van der Waals surface area (Å²) in [5, 5.41) is 12.2. The Morgan fingerprint density at radius 3 is 2.74 bits per heavy atom. The van der Waals surface area contributed by atoms with Crippen LogP contribution in [0.3, 0.4) is 0 Å². The molecule has 7 nitrogen and oxygen atoms in total. The van der Waals surface area contributed by atoms with E-state index in [1.807, 2.05) is 20.8 Å². The fourth-order valence-corrected chi connectivity index (χ4v) is 1.82. The molecule has 1 fully saturated rings. The van der Waals surface area contributed by atoms with E-state index in [2.05, 4.69) is 25.8 Å². The van der Waals surface area contributed by atoms with Crippen LogP contribution in [0.2, 0.25) is 0 Å². The maximum atomic E-state index is 11.9. The highest BCUT2D eigenvalue weighted by atomic mass is 16.2. The summed E-state index contributed by atoms with van der Waals surface area (Å²) in [4.78, 5) is 27.1. The molecule has 1 aromatic rings. The van der Waals surface area contributed by atoms with Crippen molar-refractivity contribution in [2.75, 3.05) is 6.54 Å². The lowest BCUT2D eigenvalue weighted by molar-refractivity contribution is -0.119. The number of aromatic nitrogens is 3. The van der Waals surface area contributed by atoms with E-state index in [4.69, 9.17) is 0 Å². The Bertz CT molecular complexity index is 489. The summed E-state index contributed by atoms with van der Waals surface area (Å²) in [5.74, 6) is 0.515. The number of hydrogen-bond donors (Lipinski definition) is 3. The highest BCUT2D eigenvalue weighted by molar-refractivity contribution is 5.90. The Hall–Kier alpha value is -1.92. The monoisotopic (exact) mass is 265 g/mol. The average molecular weight is 265 g/mol. The van der Waals surface area contributed by atoms with Crippen molar-refractivity contribution in [3.63, 3.8) is 0 Å². The first-order valence-corrected chi connectivity index (χ1v) is 6.36. The van der Waals surface area contributed by atoms with Gasteiger partial charge in [0.05, 0.1) is 0 Å². The van der Waals surface area contributed by atoms with Gasteiger partial charge in [-0.2, -0.15) is 0 Å². The number of H-pyrrole nitrogens is 1. The highest BCUT2D eigenvalue weighted by Gasteiger charge is 2.23. The zero-order chi connectivity index (χ0) is 14.0. The van der Waals surface area contributed by atoms with Crippen molar-refractivity contribution < 1.29 is 9.59 Å². The van der Waals surface area contributed by atoms with Crippen molar-refractivity contribution >= 4 is 11.8 Å². The molecule has 0 bridgehead atoms. The van der Waals surface area contributed by atoms with Gasteiger partial charge in [-0.1, -0.05) is 20.8 Å². The molecule has 0 saturated carbocycles. The van der Waals surface area contributed by atoms with Crippen LogP contribution in [-0.4, -0.2) is 39.6 Å². The van der Waals surface area contributed by atoms with E-state index in [-0.39, 0.29) is 29.1 Å². The molecule has 1 aliphatic heterocycles. The normalized spacial score (nSPS) is 19.3. The lowest BCUT2D eigenvalue weighted by Crippen LogP contribution is -2.38. The molecule has 1 aromatic heterocycles. The minimum absolute atomic E-state index is 0.0116. The van der Waals surface area contributed by atoms with Crippen LogP contribution in [-0.2, 0) is 10.2 Å². The van der Waals surface area contributed by atoms with Gasteiger partial charge in [-0.3, -0.25) is 14.7 Å². The number of hydrogen-bond acceptors (Lipinski definition) is 4. The first kappa shape index (κ1) is 13.5. The third-order valence-corrected chi connectivity index (χ3v) is 2.99. The lowest BCUT2D eigenvalue weighted by Gasteiger charge is -2.13. The summed E-state index contributed by atoms with van der Waals surface area (Å²) in [5.41, 5.74) is -0.176. The second-order valence-corrected chi connectivity index (χ2v) is 5.77. The van der Waals surface area contributed by atoms with Gasteiger partial charge in [0.2, 0.25) is 11.7 Å². The maximum Gasteiger partial charge on any atom is 0.291 e. The molecule has 104 valence electrons. The highest BCUT2D eigenvalue weighted by Crippen LogP contribution is 2.17. The van der Waals surface area contributed by atoms with E-state index < -0.39 is 0 Å². The third kappa shape index (κ3) is 3.30. The van der Waals surface area contributed by atoms with Crippen molar-refractivity contribution in [1.82, 2.24) is 25.8 Å². The van der Waals surface area contributed by atoms with Gasteiger partial charge in [0.15, 0.2) is 0 Å². The topological polar surface area (TPSA) is 99.8 Å². The molecular weight excluding hydrogens is 246 g/mol. The summed E-state index contributed by atoms with van der Waals surface area (Å²) >= 11 is 0. The van der Waals surface area contributed by atoms with Crippen molar-refractivity contribution in [2.45, 2.75) is 45.1 Å². The predicted octanol–water partition coefficient (Wildman–Crippen LogP) is 0.111. The molecule has 1 aliphatic rings. The van der Waals surface area contributed by atoms with E-state index in [0.29, 0.717) is 18.8 Å². The molecule has 2 heterocycles. The van der Waals surface area contributed by atoms with Gasteiger partial charge in [-0.15, -0.1) is 5.10 Å². The molecule has 2 amide bonds. The SMILES string of the molecule is CC(C)(C)c1nc(C(=O)NCC2CCC(=O)N2)n[nH]1. The zero-order valence-electron chi connectivity index (χ0n) is 11.4. The standard InChI is InChI=1S/C12H19N5O2/c1-12(2,3)11-15-9(16-17-11)10(19)13-6-7-4-5-8(18)14-7/h7H,4-6H2,1-3H3,(H,13,19)(H,14,18)(H,15,16,17). The molecule has 3 N–H and O–H groups in total. The Balaban J connectivity index is 1.89. The fraction of sp³-hybridized carbons (Fsp3) is 0.667. The molecule has 0 aliphatic carbocycles. The number of rotatable bonds is 3. The van der Waals surface area contributed by atoms with Crippen LogP contribution < -0.4 is 10.6 Å². The lowest BCUT2D eigenvalue weighted by atomic mass is 9.96. The van der Waals surface area contributed by atoms with Gasteiger partial charge in [0.25, 0.3) is 5.91 Å². The molecule has 1 unspecified atom stereocenters. The Morgan fingerprint density at radius 2 is 2.21 bits per heavy atom. The van der Waals surface area contributed by atoms with Gasteiger partial charge in [0.1, 0.15) is 5.82 Å². The van der Waals surface area contributed by atoms with E-state index in [0.717, 1.165) is 6.42 Å². The minimum atomic E-state index is -0.326. The number of nitrogens with one attached hydrogen (secondary N) is 3. The van der Waals surface area contributed by atoms with Crippen LogP contribution in [0, 0.1) is 0 Å². The minimum Gasteiger partial charge on any atom is -0.352 e. The predicted molar refractivity (Wildman–Crippen MR) is 68.6 cm³/mol. The zero-order valence-corrected chi connectivity index (χ0v) is 11.4. The number of carbonyl (C=O) groups is 2. The molecule has 7 heteroatoms. The molecule has 2 rings (SSSR count). The van der Waals surface area contributed by atoms with E-state index >= 15 is 0 Å². The van der Waals surface area contributed by atoms with Crippen LogP contribution in [0.1, 0.15) is 50.1 Å². The first-order valence-electron chi connectivity index (χ1n) is 6.36. The van der Waals surface area contributed by atoms with Crippen LogP contribution in [0.25, 0.3) is 0 Å². The van der Waals surface area contributed by atoms with Crippen LogP contribution >= 0.6 is 0 Å². The van der Waals surface area contributed by atoms with Crippen LogP contribution in [0.15, 0.2) is 0 Å². The summed E-state index contributed by atoms with van der Waals surface area (Å²) in [6, 6.07) is 0.0116. The second kappa shape index (κ2) is 4.99. The summed E-state index contributed by atoms with van der Waals surface area (Å²) in [7, 11) is 0. The van der Waals surface area contributed by atoms with Gasteiger partial charge in [-0.05, 0) is 6.42 Å². The van der Waals surface area contributed by atoms with Gasteiger partial charge >= 0.3 is 0 Å².